The first-order valence-corrected chi connectivity index (χ1v) is 7.10. The summed E-state index contributed by atoms with van der Waals surface area (Å²) in [5, 5.41) is 0. The number of nitrogens with zero attached hydrogens (tertiary/aromatic N) is 2. The molecule has 0 aromatic carbocycles. The Morgan fingerprint density at radius 1 is 1.06 bits per heavy atom. The molecule has 0 heterocycles. The molecule has 1 unspecified atom stereocenters. The Balaban J connectivity index is 3.65. The molecule has 16 heavy (non-hydrogen) atoms. The fourth-order valence-corrected chi connectivity index (χ4v) is 2.29. The molecule has 98 valence electrons. The highest BCUT2D eigenvalue weighted by molar-refractivity contribution is 6.17. The van der Waals surface area contributed by atoms with E-state index in [0.29, 0.717) is 6.04 Å². The van der Waals surface area contributed by atoms with Crippen molar-refractivity contribution in [2.24, 2.45) is 0 Å². The SMILES string of the molecule is CCN(CCCCCCCl)C(C)CN(C)C. The minimum atomic E-state index is 0.660. The van der Waals surface area contributed by atoms with Crippen molar-refractivity contribution in [2.45, 2.75) is 45.6 Å². The van der Waals surface area contributed by atoms with Gasteiger partial charge in [0.1, 0.15) is 0 Å². The van der Waals surface area contributed by atoms with Crippen molar-refractivity contribution in [3.63, 3.8) is 0 Å². The highest BCUT2D eigenvalue weighted by atomic mass is 35.5. The van der Waals surface area contributed by atoms with Crippen LogP contribution in [-0.4, -0.2) is 55.5 Å². The number of halogens is 1. The number of hydrogen-bond acceptors (Lipinski definition) is 2. The van der Waals surface area contributed by atoms with E-state index in [0.717, 1.165) is 19.0 Å². The van der Waals surface area contributed by atoms with Gasteiger partial charge in [0.25, 0.3) is 0 Å². The molecule has 0 aliphatic rings. The maximum absolute atomic E-state index is 5.66. The Hall–Kier alpha value is 0.210. The minimum Gasteiger partial charge on any atom is -0.308 e. The predicted molar refractivity (Wildman–Crippen MR) is 74.5 cm³/mol. The lowest BCUT2D eigenvalue weighted by Crippen LogP contribution is -2.40. The van der Waals surface area contributed by atoms with Gasteiger partial charge in [0.05, 0.1) is 0 Å². The maximum atomic E-state index is 5.66. The Bertz CT molecular complexity index is 151. The Morgan fingerprint density at radius 3 is 2.19 bits per heavy atom. The van der Waals surface area contributed by atoms with Crippen molar-refractivity contribution < 1.29 is 0 Å². The van der Waals surface area contributed by atoms with Crippen LogP contribution in [0, 0.1) is 0 Å². The lowest BCUT2D eigenvalue weighted by molar-refractivity contribution is 0.178. The van der Waals surface area contributed by atoms with E-state index in [2.05, 4.69) is 37.7 Å². The van der Waals surface area contributed by atoms with Crippen molar-refractivity contribution in [2.75, 3.05) is 39.6 Å². The average molecular weight is 249 g/mol. The zero-order chi connectivity index (χ0) is 12.4. The van der Waals surface area contributed by atoms with E-state index in [-0.39, 0.29) is 0 Å². The molecule has 0 amide bonds. The van der Waals surface area contributed by atoms with Gasteiger partial charge >= 0.3 is 0 Å². The summed E-state index contributed by atoms with van der Waals surface area (Å²) in [7, 11) is 4.29. The van der Waals surface area contributed by atoms with Crippen LogP contribution in [0.4, 0.5) is 0 Å². The highest BCUT2D eigenvalue weighted by Crippen LogP contribution is 2.06. The van der Waals surface area contributed by atoms with Crippen LogP contribution < -0.4 is 0 Å². The van der Waals surface area contributed by atoms with Crippen molar-refractivity contribution >= 4 is 11.6 Å². The molecule has 0 saturated heterocycles. The normalized spacial score (nSPS) is 13.7. The quantitative estimate of drug-likeness (QED) is 0.433. The van der Waals surface area contributed by atoms with Crippen molar-refractivity contribution in [1.29, 1.82) is 0 Å². The zero-order valence-electron chi connectivity index (χ0n) is 11.5. The summed E-state index contributed by atoms with van der Waals surface area (Å²) in [6.07, 6.45) is 5.07. The molecule has 0 spiro atoms. The monoisotopic (exact) mass is 248 g/mol. The topological polar surface area (TPSA) is 6.48 Å². The first-order valence-electron chi connectivity index (χ1n) is 6.56. The van der Waals surface area contributed by atoms with Crippen molar-refractivity contribution in [3.8, 4) is 0 Å². The smallest absolute Gasteiger partial charge is 0.0223 e. The molecule has 1 atom stereocenters. The molecule has 0 N–H and O–H groups in total. The van der Waals surface area contributed by atoms with Crippen LogP contribution in [0.1, 0.15) is 39.5 Å². The van der Waals surface area contributed by atoms with Gasteiger partial charge in [-0.3, -0.25) is 4.90 Å². The van der Waals surface area contributed by atoms with Gasteiger partial charge in [-0.15, -0.1) is 11.6 Å². The second kappa shape index (κ2) is 10.4. The second-order valence-corrected chi connectivity index (χ2v) is 5.22. The molecule has 0 rings (SSSR count). The Morgan fingerprint density at radius 2 is 1.69 bits per heavy atom. The third-order valence-corrected chi connectivity index (χ3v) is 3.26. The molecular weight excluding hydrogens is 220 g/mol. The fourth-order valence-electron chi connectivity index (χ4n) is 2.10. The highest BCUT2D eigenvalue weighted by Gasteiger charge is 2.11. The lowest BCUT2D eigenvalue weighted by Gasteiger charge is -2.29. The van der Waals surface area contributed by atoms with Gasteiger partial charge in [-0.25, -0.2) is 0 Å². The molecule has 0 aromatic heterocycles. The van der Waals surface area contributed by atoms with Crippen LogP contribution in [0.5, 0.6) is 0 Å². The fraction of sp³-hybridized carbons (Fsp3) is 1.00. The molecule has 0 bridgehead atoms. The van der Waals surface area contributed by atoms with Crippen molar-refractivity contribution in [1.82, 2.24) is 9.80 Å². The van der Waals surface area contributed by atoms with Crippen molar-refractivity contribution in [3.05, 3.63) is 0 Å². The lowest BCUT2D eigenvalue weighted by atomic mass is 10.2. The zero-order valence-corrected chi connectivity index (χ0v) is 12.3. The molecule has 0 saturated carbocycles. The summed E-state index contributed by atoms with van der Waals surface area (Å²) in [6, 6.07) is 0.660. The Kier molecular flexibility index (Phi) is 10.5. The van der Waals surface area contributed by atoms with E-state index in [1.165, 1.54) is 32.2 Å². The summed E-state index contributed by atoms with van der Waals surface area (Å²) in [5.74, 6) is 0.814. The largest absolute Gasteiger partial charge is 0.308 e. The summed E-state index contributed by atoms with van der Waals surface area (Å²) >= 11 is 5.66. The van der Waals surface area contributed by atoms with E-state index in [1.54, 1.807) is 0 Å². The van der Waals surface area contributed by atoms with Gasteiger partial charge in [0.15, 0.2) is 0 Å². The van der Waals surface area contributed by atoms with E-state index in [4.69, 9.17) is 11.6 Å². The Labute approximate surface area is 107 Å². The maximum Gasteiger partial charge on any atom is 0.0223 e. The van der Waals surface area contributed by atoms with Gasteiger partial charge in [-0.1, -0.05) is 19.8 Å². The van der Waals surface area contributed by atoms with Gasteiger partial charge in [-0.05, 0) is 47.0 Å². The van der Waals surface area contributed by atoms with Gasteiger partial charge in [0.2, 0.25) is 0 Å². The predicted octanol–water partition coefficient (Wildman–Crippen LogP) is 3.06. The van der Waals surface area contributed by atoms with Gasteiger partial charge < -0.3 is 4.90 Å². The van der Waals surface area contributed by atoms with Gasteiger partial charge in [-0.2, -0.15) is 0 Å². The standard InChI is InChI=1S/C13H29ClN2/c1-5-16(13(2)12-15(3)4)11-9-7-6-8-10-14/h13H,5-12H2,1-4H3. The minimum absolute atomic E-state index is 0.660. The van der Waals surface area contributed by atoms with E-state index in [9.17, 15) is 0 Å². The van der Waals surface area contributed by atoms with E-state index < -0.39 is 0 Å². The number of likely N-dealkylation sites (N-methyl/N-ethyl adjacent to an activating group) is 2. The molecule has 0 aliphatic heterocycles. The molecule has 0 aliphatic carbocycles. The van der Waals surface area contributed by atoms with E-state index >= 15 is 0 Å². The number of hydrogen-bond donors (Lipinski definition) is 0. The van der Waals surface area contributed by atoms with Crippen LogP contribution in [0.2, 0.25) is 0 Å². The molecular formula is C13H29ClN2. The number of alkyl halides is 1. The van der Waals surface area contributed by atoms with Crippen LogP contribution in [0.25, 0.3) is 0 Å². The second-order valence-electron chi connectivity index (χ2n) is 4.84. The first-order chi connectivity index (χ1) is 7.61. The van der Waals surface area contributed by atoms with Crippen LogP contribution in [-0.2, 0) is 0 Å². The van der Waals surface area contributed by atoms with E-state index in [1.807, 2.05) is 0 Å². The van der Waals surface area contributed by atoms with Gasteiger partial charge in [0, 0.05) is 18.5 Å². The summed E-state index contributed by atoms with van der Waals surface area (Å²) in [6.45, 7) is 8.11. The molecule has 0 radical (unpaired) electrons. The number of rotatable bonds is 10. The first kappa shape index (κ1) is 16.2. The van der Waals surface area contributed by atoms with Crippen LogP contribution in [0.15, 0.2) is 0 Å². The third-order valence-electron chi connectivity index (χ3n) is 2.99. The van der Waals surface area contributed by atoms with Crippen LogP contribution in [0.3, 0.4) is 0 Å². The summed E-state index contributed by atoms with van der Waals surface area (Å²) in [4.78, 5) is 4.83. The average Bonchev–Trinajstić information content (AvgIpc) is 2.22. The molecule has 0 fully saturated rings. The van der Waals surface area contributed by atoms with Crippen LogP contribution >= 0.6 is 11.6 Å². The molecule has 2 nitrogen and oxygen atoms in total. The molecule has 3 heteroatoms. The summed E-state index contributed by atoms with van der Waals surface area (Å²) < 4.78 is 0. The number of unbranched alkanes of at least 4 members (excludes halogenated alkanes) is 3. The third kappa shape index (κ3) is 8.37. The summed E-state index contributed by atoms with van der Waals surface area (Å²) in [5.41, 5.74) is 0. The molecule has 0 aromatic rings.